The Morgan fingerprint density at radius 3 is 2.55 bits per heavy atom. The van der Waals surface area contributed by atoms with Gasteiger partial charge in [0.1, 0.15) is 5.69 Å². The zero-order valence-electron chi connectivity index (χ0n) is 11.3. The lowest BCUT2D eigenvalue weighted by Gasteiger charge is -2.29. The summed E-state index contributed by atoms with van der Waals surface area (Å²) in [6, 6.07) is 0.0554. The predicted molar refractivity (Wildman–Crippen MR) is 83.4 cm³/mol. The molecule has 1 unspecified atom stereocenters. The molecular formula is C13H22Cl2N4O. The molecule has 0 radical (unpaired) electrons. The minimum atomic E-state index is -0.177. The van der Waals surface area contributed by atoms with Crippen molar-refractivity contribution in [3.8, 4) is 0 Å². The number of rotatable bonds is 4. The average Bonchev–Trinajstić information content (AvgIpc) is 2.46. The summed E-state index contributed by atoms with van der Waals surface area (Å²) in [7, 11) is 0. The smallest absolute Gasteiger partial charge is 0.271 e. The summed E-state index contributed by atoms with van der Waals surface area (Å²) < 4.78 is 0. The maximum absolute atomic E-state index is 12.0. The molecule has 20 heavy (non-hydrogen) atoms. The standard InChI is InChI=1S/C13H20N4O.2ClH/c14-8-11(10-4-2-1-3-5-10)17-13(18)12-9-15-6-7-16-12;;/h6-7,9-11H,1-5,8,14H2,(H,17,18);2*1H. The minimum Gasteiger partial charge on any atom is -0.346 e. The number of nitrogens with zero attached hydrogens (tertiary/aromatic N) is 2. The molecule has 0 bridgehead atoms. The summed E-state index contributed by atoms with van der Waals surface area (Å²) in [5.74, 6) is 0.327. The first kappa shape index (κ1) is 19.1. The zero-order chi connectivity index (χ0) is 12.8. The van der Waals surface area contributed by atoms with Crippen LogP contribution in [0.4, 0.5) is 0 Å². The summed E-state index contributed by atoms with van der Waals surface area (Å²) in [5, 5.41) is 2.99. The van der Waals surface area contributed by atoms with E-state index in [0.29, 0.717) is 18.2 Å². The summed E-state index contributed by atoms with van der Waals surface area (Å²) in [4.78, 5) is 19.9. The molecule has 1 fully saturated rings. The molecule has 0 aromatic carbocycles. The molecular weight excluding hydrogens is 299 g/mol. The molecule has 1 atom stereocenters. The fraction of sp³-hybridized carbons (Fsp3) is 0.615. The van der Waals surface area contributed by atoms with Gasteiger partial charge in [-0.25, -0.2) is 4.98 Å². The number of aromatic nitrogens is 2. The van der Waals surface area contributed by atoms with Crippen molar-refractivity contribution in [1.82, 2.24) is 15.3 Å². The molecule has 7 heteroatoms. The quantitative estimate of drug-likeness (QED) is 0.888. The van der Waals surface area contributed by atoms with E-state index in [1.165, 1.54) is 31.7 Å². The Morgan fingerprint density at radius 2 is 2.00 bits per heavy atom. The maximum Gasteiger partial charge on any atom is 0.271 e. The van der Waals surface area contributed by atoms with Gasteiger partial charge in [-0.3, -0.25) is 9.78 Å². The van der Waals surface area contributed by atoms with E-state index in [0.717, 1.165) is 12.8 Å². The van der Waals surface area contributed by atoms with Crippen LogP contribution < -0.4 is 11.1 Å². The van der Waals surface area contributed by atoms with Crippen molar-refractivity contribution in [1.29, 1.82) is 0 Å². The van der Waals surface area contributed by atoms with Crippen molar-refractivity contribution in [3.05, 3.63) is 24.3 Å². The highest BCUT2D eigenvalue weighted by atomic mass is 35.5. The molecule has 5 nitrogen and oxygen atoms in total. The van der Waals surface area contributed by atoms with Crippen LogP contribution in [0.5, 0.6) is 0 Å². The summed E-state index contributed by atoms with van der Waals surface area (Å²) in [6.45, 7) is 0.483. The predicted octanol–water partition coefficient (Wildman–Crippen LogP) is 1.96. The van der Waals surface area contributed by atoms with Crippen LogP contribution in [0.1, 0.15) is 42.6 Å². The number of halogens is 2. The average molecular weight is 321 g/mol. The van der Waals surface area contributed by atoms with Crippen LogP contribution in [0.2, 0.25) is 0 Å². The van der Waals surface area contributed by atoms with E-state index >= 15 is 0 Å². The fourth-order valence-electron chi connectivity index (χ4n) is 2.56. The van der Waals surface area contributed by atoms with Gasteiger partial charge in [0, 0.05) is 25.0 Å². The topological polar surface area (TPSA) is 80.9 Å². The number of nitrogens with two attached hydrogens (primary N) is 1. The molecule has 3 N–H and O–H groups in total. The van der Waals surface area contributed by atoms with Gasteiger partial charge in [-0.15, -0.1) is 24.8 Å². The first-order chi connectivity index (χ1) is 8.81. The van der Waals surface area contributed by atoms with Crippen LogP contribution in [-0.2, 0) is 0 Å². The van der Waals surface area contributed by atoms with Crippen molar-refractivity contribution in [2.45, 2.75) is 38.1 Å². The van der Waals surface area contributed by atoms with E-state index in [2.05, 4.69) is 15.3 Å². The van der Waals surface area contributed by atoms with Gasteiger partial charge in [0.25, 0.3) is 5.91 Å². The maximum atomic E-state index is 12.0. The second-order valence-corrected chi connectivity index (χ2v) is 4.80. The molecule has 1 heterocycles. The van der Waals surface area contributed by atoms with Crippen molar-refractivity contribution in [2.24, 2.45) is 11.7 Å². The number of carbonyl (C=O) groups is 1. The Bertz CT molecular complexity index is 385. The van der Waals surface area contributed by atoms with Gasteiger partial charge in [-0.2, -0.15) is 0 Å². The summed E-state index contributed by atoms with van der Waals surface area (Å²) in [6.07, 6.45) is 10.6. The first-order valence-electron chi connectivity index (χ1n) is 6.58. The first-order valence-corrected chi connectivity index (χ1v) is 6.58. The second-order valence-electron chi connectivity index (χ2n) is 4.80. The molecule has 1 aromatic rings. The highest BCUT2D eigenvalue weighted by Gasteiger charge is 2.24. The van der Waals surface area contributed by atoms with Crippen LogP contribution >= 0.6 is 24.8 Å². The lowest BCUT2D eigenvalue weighted by molar-refractivity contribution is 0.0910. The Morgan fingerprint density at radius 1 is 1.30 bits per heavy atom. The van der Waals surface area contributed by atoms with Crippen LogP contribution in [0.15, 0.2) is 18.6 Å². The Hall–Kier alpha value is -0.910. The van der Waals surface area contributed by atoms with Gasteiger partial charge in [0.2, 0.25) is 0 Å². The van der Waals surface area contributed by atoms with Crippen molar-refractivity contribution >= 4 is 30.7 Å². The van der Waals surface area contributed by atoms with Crippen LogP contribution in [0.3, 0.4) is 0 Å². The molecule has 2 rings (SSSR count). The van der Waals surface area contributed by atoms with Crippen LogP contribution in [0.25, 0.3) is 0 Å². The second kappa shape index (κ2) is 9.91. The van der Waals surface area contributed by atoms with Crippen molar-refractivity contribution < 1.29 is 4.79 Å². The van der Waals surface area contributed by atoms with E-state index < -0.39 is 0 Å². The fourth-order valence-corrected chi connectivity index (χ4v) is 2.56. The molecule has 114 valence electrons. The molecule has 1 aliphatic rings. The van der Waals surface area contributed by atoms with E-state index in [1.807, 2.05) is 0 Å². The van der Waals surface area contributed by atoms with E-state index in [-0.39, 0.29) is 36.8 Å². The van der Waals surface area contributed by atoms with Gasteiger partial charge in [0.15, 0.2) is 0 Å². The Labute approximate surface area is 132 Å². The lowest BCUT2D eigenvalue weighted by Crippen LogP contribution is -2.46. The number of carbonyl (C=O) groups excluding carboxylic acids is 1. The van der Waals surface area contributed by atoms with E-state index in [4.69, 9.17) is 5.73 Å². The van der Waals surface area contributed by atoms with Gasteiger partial charge in [0.05, 0.1) is 6.20 Å². The molecule has 1 aliphatic carbocycles. The normalized spacial score (nSPS) is 16.4. The van der Waals surface area contributed by atoms with Crippen molar-refractivity contribution in [3.63, 3.8) is 0 Å². The van der Waals surface area contributed by atoms with E-state index in [1.54, 1.807) is 6.20 Å². The monoisotopic (exact) mass is 320 g/mol. The number of amides is 1. The van der Waals surface area contributed by atoms with Gasteiger partial charge in [-0.05, 0) is 18.8 Å². The summed E-state index contributed by atoms with van der Waals surface area (Å²) in [5.41, 5.74) is 6.13. The van der Waals surface area contributed by atoms with Gasteiger partial charge in [-0.1, -0.05) is 19.3 Å². The third kappa shape index (κ3) is 5.23. The zero-order valence-corrected chi connectivity index (χ0v) is 13.0. The van der Waals surface area contributed by atoms with E-state index in [9.17, 15) is 4.79 Å². The highest BCUT2D eigenvalue weighted by molar-refractivity contribution is 5.92. The number of hydrogen-bond acceptors (Lipinski definition) is 4. The largest absolute Gasteiger partial charge is 0.346 e. The van der Waals surface area contributed by atoms with Crippen LogP contribution in [0, 0.1) is 5.92 Å². The molecule has 0 spiro atoms. The highest BCUT2D eigenvalue weighted by Crippen LogP contribution is 2.26. The Kier molecular flexibility index (Phi) is 9.46. The van der Waals surface area contributed by atoms with Gasteiger partial charge < -0.3 is 11.1 Å². The van der Waals surface area contributed by atoms with Crippen LogP contribution in [-0.4, -0.2) is 28.5 Å². The molecule has 1 saturated carbocycles. The third-order valence-electron chi connectivity index (χ3n) is 3.59. The van der Waals surface area contributed by atoms with Crippen molar-refractivity contribution in [2.75, 3.05) is 6.54 Å². The third-order valence-corrected chi connectivity index (χ3v) is 3.59. The van der Waals surface area contributed by atoms with Gasteiger partial charge >= 0.3 is 0 Å². The molecule has 1 amide bonds. The molecule has 0 saturated heterocycles. The Balaban J connectivity index is 0.00000180. The molecule has 0 aliphatic heterocycles. The number of nitrogens with one attached hydrogen (secondary N) is 1. The lowest BCUT2D eigenvalue weighted by atomic mass is 9.84. The summed E-state index contributed by atoms with van der Waals surface area (Å²) >= 11 is 0. The molecule has 1 aromatic heterocycles. The minimum absolute atomic E-state index is 0. The number of hydrogen-bond donors (Lipinski definition) is 2. The SMILES string of the molecule is Cl.Cl.NCC(NC(=O)c1cnccn1)C1CCCCC1.